The number of amides is 1. The molecule has 0 unspecified atom stereocenters. The molecule has 0 saturated heterocycles. The Bertz CT molecular complexity index is 825. The molecule has 0 fully saturated rings. The van der Waals surface area contributed by atoms with Crippen molar-refractivity contribution in [1.82, 2.24) is 0 Å². The first-order chi connectivity index (χ1) is 12.9. The van der Waals surface area contributed by atoms with E-state index in [0.717, 1.165) is 11.1 Å². The number of nitro groups is 1. The van der Waals surface area contributed by atoms with E-state index in [0.29, 0.717) is 23.6 Å². The van der Waals surface area contributed by atoms with E-state index in [-0.39, 0.29) is 24.4 Å². The first-order valence-corrected chi connectivity index (χ1v) is 9.51. The van der Waals surface area contributed by atoms with Gasteiger partial charge >= 0.3 is 5.97 Å². The molecule has 0 radical (unpaired) electrons. The molecule has 142 valence electrons. The molecule has 2 aromatic carbocycles. The van der Waals surface area contributed by atoms with Gasteiger partial charge in [-0.2, -0.15) is 11.8 Å². The van der Waals surface area contributed by atoms with Crippen LogP contribution < -0.4 is 5.32 Å². The maximum atomic E-state index is 12.1. The van der Waals surface area contributed by atoms with E-state index in [1.165, 1.54) is 23.9 Å². The van der Waals surface area contributed by atoms with Crippen LogP contribution in [0.25, 0.3) is 0 Å². The summed E-state index contributed by atoms with van der Waals surface area (Å²) in [5, 5.41) is 22.2. The van der Waals surface area contributed by atoms with Crippen molar-refractivity contribution < 1.29 is 19.6 Å². The highest BCUT2D eigenvalue weighted by molar-refractivity contribution is 7.98. The van der Waals surface area contributed by atoms with Crippen molar-refractivity contribution in [2.24, 2.45) is 0 Å². The van der Waals surface area contributed by atoms with Crippen molar-refractivity contribution in [3.05, 3.63) is 69.8 Å². The number of anilines is 1. The van der Waals surface area contributed by atoms with Gasteiger partial charge in [0.2, 0.25) is 5.91 Å². The monoisotopic (exact) mass is 388 g/mol. The fourth-order valence-electron chi connectivity index (χ4n) is 2.40. The number of hydrogen-bond donors (Lipinski definition) is 2. The molecule has 27 heavy (non-hydrogen) atoms. The topological polar surface area (TPSA) is 110 Å². The molecule has 2 rings (SSSR count). The second-order valence-electron chi connectivity index (χ2n) is 5.87. The zero-order valence-corrected chi connectivity index (χ0v) is 15.4. The predicted octanol–water partition coefficient (Wildman–Crippen LogP) is 3.87. The molecule has 0 atom stereocenters. The van der Waals surface area contributed by atoms with E-state index in [1.54, 1.807) is 18.2 Å². The minimum Gasteiger partial charge on any atom is -0.481 e. The minimum absolute atomic E-state index is 0.0148. The van der Waals surface area contributed by atoms with Gasteiger partial charge in [0, 0.05) is 35.7 Å². The highest BCUT2D eigenvalue weighted by Gasteiger charge is 2.08. The number of nitrogens with one attached hydrogen (secondary N) is 1. The van der Waals surface area contributed by atoms with Gasteiger partial charge in [0.25, 0.3) is 5.69 Å². The molecule has 0 heterocycles. The van der Waals surface area contributed by atoms with Gasteiger partial charge in [0.1, 0.15) is 0 Å². The molecule has 1 amide bonds. The van der Waals surface area contributed by atoms with Crippen molar-refractivity contribution in [2.75, 3.05) is 11.1 Å². The summed E-state index contributed by atoms with van der Waals surface area (Å²) < 4.78 is 0. The van der Waals surface area contributed by atoms with Crippen LogP contribution in [-0.2, 0) is 21.8 Å². The number of rotatable bonds is 10. The van der Waals surface area contributed by atoms with Crippen molar-refractivity contribution in [2.45, 2.75) is 25.0 Å². The standard InChI is InChI=1S/C19H20N2O5S/c22-18(8-7-14-3-2-6-17(12-14)21(25)26)20-16-5-1-4-15(11-16)13-27-10-9-19(23)24/h1-6,11-12H,7-10,13H2,(H,20,22)(H,23,24). The normalized spacial score (nSPS) is 10.4. The number of aliphatic carboxylic acids is 1. The zero-order valence-electron chi connectivity index (χ0n) is 14.6. The number of nitrogens with zero attached hydrogens (tertiary/aromatic N) is 1. The van der Waals surface area contributed by atoms with Crippen LogP contribution in [0.4, 0.5) is 11.4 Å². The number of benzene rings is 2. The lowest BCUT2D eigenvalue weighted by Crippen LogP contribution is -2.12. The Balaban J connectivity index is 1.83. The predicted molar refractivity (Wildman–Crippen MR) is 105 cm³/mol. The number of non-ortho nitro benzene ring substituents is 1. The second-order valence-corrected chi connectivity index (χ2v) is 6.98. The summed E-state index contributed by atoms with van der Waals surface area (Å²) in [6, 6.07) is 13.7. The van der Waals surface area contributed by atoms with E-state index >= 15 is 0 Å². The van der Waals surface area contributed by atoms with Crippen LogP contribution in [0, 0.1) is 10.1 Å². The number of thioether (sulfide) groups is 1. The van der Waals surface area contributed by atoms with Crippen LogP contribution in [0.1, 0.15) is 24.0 Å². The smallest absolute Gasteiger partial charge is 0.304 e. The average Bonchev–Trinajstić information content (AvgIpc) is 2.64. The third-order valence-corrected chi connectivity index (χ3v) is 4.73. The van der Waals surface area contributed by atoms with Crippen LogP contribution in [0.5, 0.6) is 0 Å². The lowest BCUT2D eigenvalue weighted by molar-refractivity contribution is -0.384. The van der Waals surface area contributed by atoms with Crippen LogP contribution in [-0.4, -0.2) is 27.7 Å². The molecule has 0 spiro atoms. The van der Waals surface area contributed by atoms with E-state index in [2.05, 4.69) is 5.32 Å². The molecule has 0 bridgehead atoms. The number of hydrogen-bond acceptors (Lipinski definition) is 5. The quantitative estimate of drug-likeness (QED) is 0.363. The molecule has 8 heteroatoms. The van der Waals surface area contributed by atoms with Crippen molar-refractivity contribution in [3.8, 4) is 0 Å². The van der Waals surface area contributed by atoms with Gasteiger partial charge in [-0.05, 0) is 29.7 Å². The van der Waals surface area contributed by atoms with Gasteiger partial charge in [-0.25, -0.2) is 0 Å². The molecule has 0 aliphatic rings. The Hall–Kier alpha value is -2.87. The first kappa shape index (κ1) is 20.4. The number of carbonyl (C=O) groups excluding carboxylic acids is 1. The lowest BCUT2D eigenvalue weighted by Gasteiger charge is -2.08. The van der Waals surface area contributed by atoms with Gasteiger partial charge in [0.15, 0.2) is 0 Å². The molecule has 0 aliphatic heterocycles. The van der Waals surface area contributed by atoms with E-state index in [9.17, 15) is 19.7 Å². The van der Waals surface area contributed by atoms with Crippen LogP contribution >= 0.6 is 11.8 Å². The van der Waals surface area contributed by atoms with Crippen molar-refractivity contribution in [1.29, 1.82) is 0 Å². The van der Waals surface area contributed by atoms with Gasteiger partial charge in [-0.3, -0.25) is 19.7 Å². The summed E-state index contributed by atoms with van der Waals surface area (Å²) in [6.07, 6.45) is 0.760. The summed E-state index contributed by atoms with van der Waals surface area (Å²) in [5.74, 6) is 0.226. The van der Waals surface area contributed by atoms with Crippen LogP contribution in [0.2, 0.25) is 0 Å². The maximum Gasteiger partial charge on any atom is 0.304 e. The Morgan fingerprint density at radius 2 is 1.81 bits per heavy atom. The summed E-state index contributed by atoms with van der Waals surface area (Å²) >= 11 is 1.52. The van der Waals surface area contributed by atoms with Gasteiger partial charge in [-0.15, -0.1) is 0 Å². The molecule has 2 aromatic rings. The van der Waals surface area contributed by atoms with E-state index in [1.807, 2.05) is 18.2 Å². The third-order valence-electron chi connectivity index (χ3n) is 3.70. The van der Waals surface area contributed by atoms with E-state index in [4.69, 9.17) is 5.11 Å². The SMILES string of the molecule is O=C(O)CCSCc1cccc(NC(=O)CCc2cccc([N+](=O)[O-])c2)c1. The number of carboxylic acid groups (broad SMARTS) is 1. The molecular formula is C19H20N2O5S. The Labute approximate surface area is 160 Å². The lowest BCUT2D eigenvalue weighted by atomic mass is 10.1. The second kappa shape index (κ2) is 10.3. The molecule has 2 N–H and O–H groups in total. The Morgan fingerprint density at radius 1 is 1.07 bits per heavy atom. The fraction of sp³-hybridized carbons (Fsp3) is 0.263. The van der Waals surface area contributed by atoms with Gasteiger partial charge in [-0.1, -0.05) is 24.3 Å². The summed E-state index contributed by atoms with van der Waals surface area (Å²) in [5.41, 5.74) is 2.43. The summed E-state index contributed by atoms with van der Waals surface area (Å²) in [4.78, 5) is 33.0. The number of carbonyl (C=O) groups is 2. The largest absolute Gasteiger partial charge is 0.481 e. The van der Waals surface area contributed by atoms with Crippen molar-refractivity contribution in [3.63, 3.8) is 0 Å². The molecular weight excluding hydrogens is 368 g/mol. The number of carboxylic acids is 1. The van der Waals surface area contributed by atoms with Gasteiger partial charge in [0.05, 0.1) is 11.3 Å². The summed E-state index contributed by atoms with van der Waals surface area (Å²) in [6.45, 7) is 0. The fourth-order valence-corrected chi connectivity index (χ4v) is 3.27. The molecule has 0 saturated carbocycles. The first-order valence-electron chi connectivity index (χ1n) is 8.35. The minimum atomic E-state index is -0.813. The van der Waals surface area contributed by atoms with Crippen LogP contribution in [0.15, 0.2) is 48.5 Å². The number of nitro benzene ring substituents is 1. The Kier molecular flexibility index (Phi) is 7.81. The summed E-state index contributed by atoms with van der Waals surface area (Å²) in [7, 11) is 0. The number of aryl methyl sites for hydroxylation is 1. The molecule has 0 aromatic heterocycles. The Morgan fingerprint density at radius 3 is 2.56 bits per heavy atom. The molecule has 0 aliphatic carbocycles. The van der Waals surface area contributed by atoms with E-state index < -0.39 is 10.9 Å². The molecule has 7 nitrogen and oxygen atoms in total. The highest BCUT2D eigenvalue weighted by atomic mass is 32.2. The maximum absolute atomic E-state index is 12.1. The highest BCUT2D eigenvalue weighted by Crippen LogP contribution is 2.18. The van der Waals surface area contributed by atoms with Gasteiger partial charge < -0.3 is 10.4 Å². The zero-order chi connectivity index (χ0) is 19.6. The average molecular weight is 388 g/mol. The third kappa shape index (κ3) is 7.49. The van der Waals surface area contributed by atoms with Crippen molar-refractivity contribution >= 4 is 35.0 Å². The van der Waals surface area contributed by atoms with Crippen LogP contribution in [0.3, 0.4) is 0 Å².